The minimum absolute atomic E-state index is 0. The molecule has 0 aliphatic rings. The van der Waals surface area contributed by atoms with E-state index >= 15 is 0 Å². The van der Waals surface area contributed by atoms with Crippen LogP contribution in [0, 0.1) is 6.92 Å². The molecule has 0 unspecified atom stereocenters. The van der Waals surface area contributed by atoms with Gasteiger partial charge in [0.1, 0.15) is 0 Å². The summed E-state index contributed by atoms with van der Waals surface area (Å²) >= 11 is 5.87. The van der Waals surface area contributed by atoms with Crippen molar-refractivity contribution in [2.45, 2.75) is 19.4 Å². The first kappa shape index (κ1) is 13.7. The maximum Gasteiger partial charge on any atom is 0.0449 e. The Morgan fingerprint density at radius 1 is 1.50 bits per heavy atom. The van der Waals surface area contributed by atoms with E-state index in [1.54, 1.807) is 0 Å². The number of hydrogen-bond donors (Lipinski definition) is 2. The van der Waals surface area contributed by atoms with Crippen molar-refractivity contribution in [2.24, 2.45) is 5.73 Å². The second kappa shape index (κ2) is 6.25. The summed E-state index contributed by atoms with van der Waals surface area (Å²) in [5, 5.41) is 9.47. The molecule has 0 fully saturated rings. The third kappa shape index (κ3) is 3.46. The molecule has 3 N–H and O–H groups in total. The number of aryl methyl sites for hydroxylation is 1. The Balaban J connectivity index is 0.00000169. The van der Waals surface area contributed by atoms with Crippen LogP contribution in [0.25, 0.3) is 0 Å². The zero-order valence-corrected chi connectivity index (χ0v) is 9.61. The number of benzene rings is 1. The molecule has 0 aliphatic heterocycles. The summed E-state index contributed by atoms with van der Waals surface area (Å²) < 4.78 is 0. The van der Waals surface area contributed by atoms with E-state index in [4.69, 9.17) is 22.4 Å². The molecule has 1 aromatic carbocycles. The molecule has 2 nitrogen and oxygen atoms in total. The summed E-state index contributed by atoms with van der Waals surface area (Å²) in [6.07, 6.45) is 0.584. The summed E-state index contributed by atoms with van der Waals surface area (Å²) in [5.74, 6) is 0. The van der Waals surface area contributed by atoms with Gasteiger partial charge in [-0.1, -0.05) is 23.7 Å². The van der Waals surface area contributed by atoms with E-state index in [1.807, 2.05) is 25.1 Å². The lowest BCUT2D eigenvalue weighted by Crippen LogP contribution is -2.11. The molecule has 4 heteroatoms. The van der Waals surface area contributed by atoms with E-state index in [0.29, 0.717) is 6.42 Å². The fraction of sp³-hybridized carbons (Fsp3) is 0.400. The van der Waals surface area contributed by atoms with Crippen LogP contribution >= 0.6 is 24.0 Å². The van der Waals surface area contributed by atoms with E-state index in [1.165, 1.54) is 0 Å². The lowest BCUT2D eigenvalue weighted by Gasteiger charge is -2.11. The Labute approximate surface area is 95.5 Å². The number of nitrogens with two attached hydrogens (primary N) is 1. The molecule has 0 saturated carbocycles. The van der Waals surface area contributed by atoms with Crippen molar-refractivity contribution in [1.82, 2.24) is 0 Å². The van der Waals surface area contributed by atoms with Gasteiger partial charge in [0.05, 0.1) is 0 Å². The SMILES string of the molecule is Cc1cc([C@H](N)CCO)ccc1Cl.Cl. The van der Waals surface area contributed by atoms with Crippen molar-refractivity contribution in [3.63, 3.8) is 0 Å². The molecule has 14 heavy (non-hydrogen) atoms. The van der Waals surface area contributed by atoms with Gasteiger partial charge < -0.3 is 10.8 Å². The molecule has 1 aromatic rings. The summed E-state index contributed by atoms with van der Waals surface area (Å²) in [5.41, 5.74) is 7.87. The lowest BCUT2D eigenvalue weighted by atomic mass is 10.0. The molecule has 0 saturated heterocycles. The maximum atomic E-state index is 8.72. The van der Waals surface area contributed by atoms with Gasteiger partial charge in [-0.2, -0.15) is 0 Å². The predicted octanol–water partition coefficient (Wildman–Crippen LogP) is 2.45. The van der Waals surface area contributed by atoms with Gasteiger partial charge in [-0.3, -0.25) is 0 Å². The van der Waals surface area contributed by atoms with Crippen LogP contribution in [0.15, 0.2) is 18.2 Å². The molecular formula is C10H15Cl2NO. The highest BCUT2D eigenvalue weighted by molar-refractivity contribution is 6.31. The highest BCUT2D eigenvalue weighted by atomic mass is 35.5. The molecule has 0 aromatic heterocycles. The zero-order valence-electron chi connectivity index (χ0n) is 8.03. The summed E-state index contributed by atoms with van der Waals surface area (Å²) in [6, 6.07) is 5.60. The van der Waals surface area contributed by atoms with Gasteiger partial charge in [-0.15, -0.1) is 12.4 Å². The van der Waals surface area contributed by atoms with Gasteiger partial charge in [0.25, 0.3) is 0 Å². The van der Waals surface area contributed by atoms with Crippen molar-refractivity contribution >= 4 is 24.0 Å². The first-order valence-electron chi connectivity index (χ1n) is 4.27. The largest absolute Gasteiger partial charge is 0.396 e. The average molecular weight is 236 g/mol. The van der Waals surface area contributed by atoms with Gasteiger partial charge >= 0.3 is 0 Å². The number of hydrogen-bond acceptors (Lipinski definition) is 2. The van der Waals surface area contributed by atoms with Crippen LogP contribution in [-0.2, 0) is 0 Å². The number of aliphatic hydroxyl groups excluding tert-OH is 1. The van der Waals surface area contributed by atoms with Crippen LogP contribution in [0.1, 0.15) is 23.6 Å². The van der Waals surface area contributed by atoms with Crippen molar-refractivity contribution in [2.75, 3.05) is 6.61 Å². The first-order valence-corrected chi connectivity index (χ1v) is 4.65. The van der Waals surface area contributed by atoms with E-state index < -0.39 is 0 Å². The predicted molar refractivity (Wildman–Crippen MR) is 62.1 cm³/mol. The second-order valence-corrected chi connectivity index (χ2v) is 3.53. The van der Waals surface area contributed by atoms with Gasteiger partial charge in [-0.05, 0) is 30.5 Å². The molecule has 0 aliphatic carbocycles. The van der Waals surface area contributed by atoms with Gasteiger partial charge in [-0.25, -0.2) is 0 Å². The topological polar surface area (TPSA) is 46.2 Å². The fourth-order valence-electron chi connectivity index (χ4n) is 1.20. The minimum Gasteiger partial charge on any atom is -0.396 e. The summed E-state index contributed by atoms with van der Waals surface area (Å²) in [7, 11) is 0. The normalized spacial score (nSPS) is 12.0. The van der Waals surface area contributed by atoms with Gasteiger partial charge in [0, 0.05) is 17.7 Å². The summed E-state index contributed by atoms with van der Waals surface area (Å²) in [6.45, 7) is 2.06. The quantitative estimate of drug-likeness (QED) is 0.846. The van der Waals surface area contributed by atoms with Crippen LogP contribution < -0.4 is 5.73 Å². The van der Waals surface area contributed by atoms with Crippen LogP contribution in [0.3, 0.4) is 0 Å². The standard InChI is InChI=1S/C10H14ClNO.ClH/c1-7-6-8(2-3-9(7)11)10(12)4-5-13;/h2-3,6,10,13H,4-5,12H2,1H3;1H/t10-;/m1./s1. The molecular weight excluding hydrogens is 221 g/mol. The Kier molecular flexibility index (Phi) is 6.12. The first-order chi connectivity index (χ1) is 6.15. The van der Waals surface area contributed by atoms with E-state index in [9.17, 15) is 0 Å². The zero-order chi connectivity index (χ0) is 9.84. The monoisotopic (exact) mass is 235 g/mol. The van der Waals surface area contributed by atoms with Crippen LogP contribution in [0.2, 0.25) is 5.02 Å². The molecule has 80 valence electrons. The molecule has 0 spiro atoms. The van der Waals surface area contributed by atoms with E-state index in [0.717, 1.165) is 16.1 Å². The number of rotatable bonds is 3. The summed E-state index contributed by atoms with van der Waals surface area (Å²) in [4.78, 5) is 0. The van der Waals surface area contributed by atoms with Crippen LogP contribution in [0.5, 0.6) is 0 Å². The maximum absolute atomic E-state index is 8.72. The van der Waals surface area contributed by atoms with Crippen LogP contribution in [0.4, 0.5) is 0 Å². The number of aliphatic hydroxyl groups is 1. The van der Waals surface area contributed by atoms with Gasteiger partial charge in [0.2, 0.25) is 0 Å². The molecule has 1 atom stereocenters. The highest BCUT2D eigenvalue weighted by Gasteiger charge is 2.05. The average Bonchev–Trinajstić information content (AvgIpc) is 2.10. The smallest absolute Gasteiger partial charge is 0.0449 e. The lowest BCUT2D eigenvalue weighted by molar-refractivity contribution is 0.276. The fourth-order valence-corrected chi connectivity index (χ4v) is 1.32. The van der Waals surface area contributed by atoms with Gasteiger partial charge in [0.15, 0.2) is 0 Å². The Hall–Kier alpha value is -0.280. The minimum atomic E-state index is -0.0963. The Bertz CT molecular complexity index is 291. The molecule has 1 rings (SSSR count). The van der Waals surface area contributed by atoms with Crippen LogP contribution in [-0.4, -0.2) is 11.7 Å². The Morgan fingerprint density at radius 2 is 2.14 bits per heavy atom. The second-order valence-electron chi connectivity index (χ2n) is 3.13. The number of halogens is 2. The molecule has 0 radical (unpaired) electrons. The third-order valence-electron chi connectivity index (χ3n) is 2.05. The van der Waals surface area contributed by atoms with Crippen molar-refractivity contribution in [3.8, 4) is 0 Å². The van der Waals surface area contributed by atoms with E-state index in [2.05, 4.69) is 0 Å². The molecule has 0 bridgehead atoms. The van der Waals surface area contributed by atoms with Crippen molar-refractivity contribution < 1.29 is 5.11 Å². The molecule has 0 heterocycles. The molecule has 0 amide bonds. The highest BCUT2D eigenvalue weighted by Crippen LogP contribution is 2.20. The van der Waals surface area contributed by atoms with Crippen molar-refractivity contribution in [3.05, 3.63) is 34.3 Å². The Morgan fingerprint density at radius 3 is 2.64 bits per heavy atom. The van der Waals surface area contributed by atoms with E-state index in [-0.39, 0.29) is 25.1 Å². The van der Waals surface area contributed by atoms with Crippen molar-refractivity contribution in [1.29, 1.82) is 0 Å². The third-order valence-corrected chi connectivity index (χ3v) is 2.47.